The molecule has 0 aliphatic carbocycles. The number of nitrogens with one attached hydrogen (secondary N) is 2. The van der Waals surface area contributed by atoms with Crippen LogP contribution in [0.3, 0.4) is 0 Å². The zero-order valence-corrected chi connectivity index (χ0v) is 16.6. The maximum Gasteiger partial charge on any atom is 0.321 e. The molecule has 2 aliphatic rings. The van der Waals surface area contributed by atoms with E-state index >= 15 is 0 Å². The summed E-state index contributed by atoms with van der Waals surface area (Å²) < 4.78 is 5.51. The Morgan fingerprint density at radius 3 is 2.59 bits per heavy atom. The molecule has 0 saturated carbocycles. The third kappa shape index (κ3) is 4.80. The predicted molar refractivity (Wildman–Crippen MR) is 106 cm³/mol. The second-order valence-electron chi connectivity index (χ2n) is 8.23. The van der Waals surface area contributed by atoms with Gasteiger partial charge >= 0.3 is 6.03 Å². The van der Waals surface area contributed by atoms with Crippen LogP contribution in [-0.2, 0) is 4.74 Å². The first-order valence-electron chi connectivity index (χ1n) is 9.94. The summed E-state index contributed by atoms with van der Waals surface area (Å²) in [5.41, 5.74) is 2.48. The van der Waals surface area contributed by atoms with Gasteiger partial charge in [0, 0.05) is 43.6 Å². The maximum absolute atomic E-state index is 12.8. The minimum absolute atomic E-state index is 0.0527. The summed E-state index contributed by atoms with van der Waals surface area (Å²) >= 11 is 0. The number of hydrogen-bond acceptors (Lipinski definition) is 3. The Morgan fingerprint density at radius 1 is 1.19 bits per heavy atom. The summed E-state index contributed by atoms with van der Waals surface area (Å²) in [5, 5.41) is 5.92. The van der Waals surface area contributed by atoms with E-state index in [1.807, 2.05) is 37.8 Å². The summed E-state index contributed by atoms with van der Waals surface area (Å²) in [7, 11) is 0. The fourth-order valence-electron chi connectivity index (χ4n) is 4.08. The first-order valence-corrected chi connectivity index (χ1v) is 9.94. The molecule has 1 aromatic carbocycles. The molecule has 148 valence electrons. The summed E-state index contributed by atoms with van der Waals surface area (Å²) in [6, 6.07) is 5.44. The topological polar surface area (TPSA) is 70.7 Å². The molecule has 6 heteroatoms. The molecular weight excluding hydrogens is 342 g/mol. The highest BCUT2D eigenvalue weighted by atomic mass is 16.5. The lowest BCUT2D eigenvalue weighted by atomic mass is 9.74. The largest absolute Gasteiger partial charge is 0.381 e. The third-order valence-electron chi connectivity index (χ3n) is 5.65. The molecule has 0 bridgehead atoms. The summed E-state index contributed by atoms with van der Waals surface area (Å²) in [6.45, 7) is 8.98. The molecule has 27 heavy (non-hydrogen) atoms. The van der Waals surface area contributed by atoms with E-state index < -0.39 is 0 Å². The van der Waals surface area contributed by atoms with Crippen molar-refractivity contribution in [2.75, 3.05) is 31.6 Å². The number of aryl methyl sites for hydroxylation is 1. The van der Waals surface area contributed by atoms with Gasteiger partial charge in [-0.1, -0.05) is 0 Å². The van der Waals surface area contributed by atoms with Gasteiger partial charge in [-0.05, 0) is 75.6 Å². The SMILES string of the molecule is Cc1cc(C(=O)NC(C)C)ccc1NC(=O)N1CCCC2(CCOCC2)C1. The minimum atomic E-state index is -0.0940. The molecule has 2 saturated heterocycles. The monoisotopic (exact) mass is 373 g/mol. The molecule has 1 aromatic rings. The molecule has 0 aromatic heterocycles. The van der Waals surface area contributed by atoms with Crippen LogP contribution in [0.25, 0.3) is 0 Å². The van der Waals surface area contributed by atoms with Crippen molar-refractivity contribution < 1.29 is 14.3 Å². The Labute approximate surface area is 161 Å². The van der Waals surface area contributed by atoms with Gasteiger partial charge in [-0.25, -0.2) is 4.79 Å². The lowest BCUT2D eigenvalue weighted by Crippen LogP contribution is -2.49. The van der Waals surface area contributed by atoms with Gasteiger partial charge in [-0.15, -0.1) is 0 Å². The van der Waals surface area contributed by atoms with E-state index in [-0.39, 0.29) is 23.4 Å². The number of urea groups is 1. The van der Waals surface area contributed by atoms with Gasteiger partial charge in [0.15, 0.2) is 0 Å². The number of amides is 3. The fourth-order valence-corrected chi connectivity index (χ4v) is 4.08. The molecule has 2 N–H and O–H groups in total. The number of piperidine rings is 1. The molecular formula is C21H31N3O3. The highest BCUT2D eigenvalue weighted by molar-refractivity contribution is 5.96. The van der Waals surface area contributed by atoms with Crippen LogP contribution in [0.1, 0.15) is 55.5 Å². The smallest absolute Gasteiger partial charge is 0.321 e. The minimum Gasteiger partial charge on any atom is -0.381 e. The van der Waals surface area contributed by atoms with Crippen LogP contribution in [0, 0.1) is 12.3 Å². The van der Waals surface area contributed by atoms with E-state index in [2.05, 4.69) is 10.6 Å². The van der Waals surface area contributed by atoms with Crippen molar-refractivity contribution in [3.63, 3.8) is 0 Å². The standard InChI is InChI=1S/C21H31N3O3/c1-15(2)22-19(25)17-5-6-18(16(3)13-17)23-20(26)24-10-4-7-21(14-24)8-11-27-12-9-21/h5-6,13,15H,4,7-12,14H2,1-3H3,(H,22,25)(H,23,26). The lowest BCUT2D eigenvalue weighted by Gasteiger charge is -2.45. The first-order chi connectivity index (χ1) is 12.9. The van der Waals surface area contributed by atoms with Gasteiger partial charge in [-0.2, -0.15) is 0 Å². The number of benzene rings is 1. The normalized spacial score (nSPS) is 19.2. The number of nitrogens with zero attached hydrogens (tertiary/aromatic N) is 1. The van der Waals surface area contributed by atoms with E-state index in [0.29, 0.717) is 5.56 Å². The number of rotatable bonds is 3. The van der Waals surface area contributed by atoms with Gasteiger partial charge in [0.1, 0.15) is 0 Å². The fraction of sp³-hybridized carbons (Fsp3) is 0.619. The molecule has 3 rings (SSSR count). The van der Waals surface area contributed by atoms with Crippen LogP contribution in [0.2, 0.25) is 0 Å². The second-order valence-corrected chi connectivity index (χ2v) is 8.23. The molecule has 0 radical (unpaired) electrons. The maximum atomic E-state index is 12.8. The Morgan fingerprint density at radius 2 is 1.93 bits per heavy atom. The molecule has 2 aliphatic heterocycles. The summed E-state index contributed by atoms with van der Waals surface area (Å²) in [4.78, 5) is 26.9. The van der Waals surface area contributed by atoms with Crippen molar-refractivity contribution >= 4 is 17.6 Å². The van der Waals surface area contributed by atoms with Crippen molar-refractivity contribution in [1.29, 1.82) is 0 Å². The van der Waals surface area contributed by atoms with Gasteiger partial charge in [0.05, 0.1) is 0 Å². The van der Waals surface area contributed by atoms with Crippen LogP contribution in [0.5, 0.6) is 0 Å². The number of anilines is 1. The number of carbonyl (C=O) groups is 2. The van der Waals surface area contributed by atoms with Crippen molar-refractivity contribution in [1.82, 2.24) is 10.2 Å². The highest BCUT2D eigenvalue weighted by Crippen LogP contribution is 2.39. The quantitative estimate of drug-likeness (QED) is 0.851. The zero-order chi connectivity index (χ0) is 19.4. The molecule has 2 heterocycles. The second kappa shape index (κ2) is 8.30. The van der Waals surface area contributed by atoms with E-state index in [1.54, 1.807) is 6.07 Å². The number of hydrogen-bond donors (Lipinski definition) is 2. The number of carbonyl (C=O) groups excluding carboxylic acids is 2. The van der Waals surface area contributed by atoms with Crippen LogP contribution >= 0.6 is 0 Å². The average Bonchev–Trinajstić information content (AvgIpc) is 2.63. The summed E-state index contributed by atoms with van der Waals surface area (Å²) in [6.07, 6.45) is 4.30. The van der Waals surface area contributed by atoms with Gasteiger partial charge in [-0.3, -0.25) is 4.79 Å². The lowest BCUT2D eigenvalue weighted by molar-refractivity contribution is -0.0175. The van der Waals surface area contributed by atoms with Crippen LogP contribution in [-0.4, -0.2) is 49.2 Å². The van der Waals surface area contributed by atoms with Crippen molar-refractivity contribution in [2.24, 2.45) is 5.41 Å². The molecule has 3 amide bonds. The van der Waals surface area contributed by atoms with Crippen molar-refractivity contribution in [3.05, 3.63) is 29.3 Å². The molecule has 0 atom stereocenters. The Bertz CT molecular complexity index is 690. The van der Waals surface area contributed by atoms with Gasteiger partial charge in [0.2, 0.25) is 0 Å². The third-order valence-corrected chi connectivity index (χ3v) is 5.65. The average molecular weight is 373 g/mol. The van der Waals surface area contributed by atoms with Crippen molar-refractivity contribution in [3.8, 4) is 0 Å². The molecule has 0 unspecified atom stereocenters. The predicted octanol–water partition coefficient (Wildman–Crippen LogP) is 3.56. The first kappa shape index (κ1) is 19.7. The molecule has 1 spiro atoms. The van der Waals surface area contributed by atoms with Crippen LogP contribution < -0.4 is 10.6 Å². The number of likely N-dealkylation sites (tertiary alicyclic amines) is 1. The van der Waals surface area contributed by atoms with Crippen molar-refractivity contribution in [2.45, 2.75) is 52.5 Å². The Balaban J connectivity index is 1.64. The number of ether oxygens (including phenoxy) is 1. The van der Waals surface area contributed by atoms with Crippen LogP contribution in [0.15, 0.2) is 18.2 Å². The van der Waals surface area contributed by atoms with E-state index in [1.165, 1.54) is 6.42 Å². The van der Waals surface area contributed by atoms with Gasteiger partial charge < -0.3 is 20.3 Å². The van der Waals surface area contributed by atoms with E-state index in [9.17, 15) is 9.59 Å². The summed E-state index contributed by atoms with van der Waals surface area (Å²) in [5.74, 6) is -0.0940. The zero-order valence-electron chi connectivity index (χ0n) is 16.6. The Kier molecular flexibility index (Phi) is 6.05. The highest BCUT2D eigenvalue weighted by Gasteiger charge is 2.38. The molecule has 6 nitrogen and oxygen atoms in total. The van der Waals surface area contributed by atoms with Gasteiger partial charge in [0.25, 0.3) is 5.91 Å². The Hall–Kier alpha value is -2.08. The van der Waals surface area contributed by atoms with Crippen LogP contribution in [0.4, 0.5) is 10.5 Å². The van der Waals surface area contributed by atoms with E-state index in [4.69, 9.17) is 4.74 Å². The molecule has 2 fully saturated rings. The van der Waals surface area contributed by atoms with E-state index in [0.717, 1.165) is 56.8 Å².